The summed E-state index contributed by atoms with van der Waals surface area (Å²) in [6.07, 6.45) is 0. The fourth-order valence-corrected chi connectivity index (χ4v) is 2.37. The van der Waals surface area contributed by atoms with Crippen LogP contribution in [0.3, 0.4) is 0 Å². The first-order chi connectivity index (χ1) is 11.5. The second-order valence-electron chi connectivity index (χ2n) is 5.18. The van der Waals surface area contributed by atoms with Crippen molar-refractivity contribution in [1.82, 2.24) is 10.6 Å². The number of hydrogen-bond acceptors (Lipinski definition) is 3. The molecule has 24 heavy (non-hydrogen) atoms. The van der Waals surface area contributed by atoms with Crippen LogP contribution in [0.15, 0.2) is 48.5 Å². The van der Waals surface area contributed by atoms with E-state index in [0.29, 0.717) is 16.1 Å². The minimum atomic E-state index is -0.827. The summed E-state index contributed by atoms with van der Waals surface area (Å²) < 4.78 is 0. The number of halogens is 1. The van der Waals surface area contributed by atoms with Crippen molar-refractivity contribution in [1.29, 1.82) is 5.26 Å². The molecule has 0 aliphatic carbocycles. The fourth-order valence-electron chi connectivity index (χ4n) is 2.17. The number of carbonyl (C=O) groups is 2. The van der Waals surface area contributed by atoms with E-state index < -0.39 is 11.9 Å². The number of carbonyl (C=O) groups excluding carboxylic acids is 2. The van der Waals surface area contributed by atoms with Crippen LogP contribution in [0.5, 0.6) is 0 Å². The monoisotopic (exact) mass is 341 g/mol. The lowest BCUT2D eigenvalue weighted by atomic mass is 10.1. The molecule has 0 aliphatic heterocycles. The lowest BCUT2D eigenvalue weighted by Crippen LogP contribution is -2.38. The Morgan fingerprint density at radius 3 is 2.62 bits per heavy atom. The molecule has 1 atom stereocenters. The van der Waals surface area contributed by atoms with Gasteiger partial charge in [0.15, 0.2) is 0 Å². The molecular formula is C18H16ClN3O2. The van der Waals surface area contributed by atoms with Crippen LogP contribution < -0.4 is 10.6 Å². The molecule has 0 radical (unpaired) electrons. The SMILES string of the molecule is Cc1ccccc1C(=O)NCC(=O)N[C@@H](C#N)c1cccc(Cl)c1. The molecule has 0 saturated carbocycles. The maximum Gasteiger partial charge on any atom is 0.251 e. The summed E-state index contributed by atoms with van der Waals surface area (Å²) in [5, 5.41) is 14.8. The van der Waals surface area contributed by atoms with Crippen molar-refractivity contribution in [2.45, 2.75) is 13.0 Å². The minimum absolute atomic E-state index is 0.216. The third kappa shape index (κ3) is 4.58. The Morgan fingerprint density at radius 1 is 1.21 bits per heavy atom. The number of amides is 2. The standard InChI is InChI=1S/C18H16ClN3O2/c1-12-5-2-3-8-15(12)18(24)21-11-17(23)22-16(10-20)13-6-4-7-14(19)9-13/h2-9,16H,11H2,1H3,(H,21,24)(H,22,23)/t16-/m0/s1. The summed E-state index contributed by atoms with van der Waals surface area (Å²) in [7, 11) is 0. The summed E-state index contributed by atoms with van der Waals surface area (Å²) in [4.78, 5) is 24.0. The number of hydrogen-bond donors (Lipinski definition) is 2. The van der Waals surface area contributed by atoms with E-state index in [0.717, 1.165) is 5.56 Å². The van der Waals surface area contributed by atoms with E-state index in [-0.39, 0.29) is 12.5 Å². The van der Waals surface area contributed by atoms with Crippen molar-refractivity contribution >= 4 is 23.4 Å². The van der Waals surface area contributed by atoms with Crippen molar-refractivity contribution in [2.24, 2.45) is 0 Å². The van der Waals surface area contributed by atoms with E-state index in [2.05, 4.69) is 10.6 Å². The number of nitriles is 1. The topological polar surface area (TPSA) is 82.0 Å². The van der Waals surface area contributed by atoms with Gasteiger partial charge in [-0.05, 0) is 36.2 Å². The van der Waals surface area contributed by atoms with Crippen molar-refractivity contribution in [3.05, 3.63) is 70.2 Å². The lowest BCUT2D eigenvalue weighted by Gasteiger charge is -2.13. The summed E-state index contributed by atoms with van der Waals surface area (Å²) in [6, 6.07) is 15.0. The van der Waals surface area contributed by atoms with Gasteiger partial charge >= 0.3 is 0 Å². The molecule has 2 N–H and O–H groups in total. The second-order valence-corrected chi connectivity index (χ2v) is 5.62. The highest BCUT2D eigenvalue weighted by atomic mass is 35.5. The number of rotatable bonds is 5. The Hall–Kier alpha value is -2.84. The maximum atomic E-state index is 12.1. The Morgan fingerprint density at radius 2 is 1.96 bits per heavy atom. The first-order valence-corrected chi connectivity index (χ1v) is 7.67. The smallest absolute Gasteiger partial charge is 0.251 e. The highest BCUT2D eigenvalue weighted by Gasteiger charge is 2.15. The molecule has 0 saturated heterocycles. The van der Waals surface area contributed by atoms with Gasteiger partial charge in [0.25, 0.3) is 5.91 Å². The molecule has 2 aromatic rings. The van der Waals surface area contributed by atoms with Gasteiger partial charge in [0, 0.05) is 10.6 Å². The van der Waals surface area contributed by atoms with Gasteiger partial charge in [-0.15, -0.1) is 0 Å². The van der Waals surface area contributed by atoms with Crippen LogP contribution in [0, 0.1) is 18.3 Å². The van der Waals surface area contributed by atoms with Gasteiger partial charge in [0.2, 0.25) is 5.91 Å². The zero-order chi connectivity index (χ0) is 17.5. The van der Waals surface area contributed by atoms with E-state index in [1.54, 1.807) is 36.4 Å². The van der Waals surface area contributed by atoms with Crippen LogP contribution >= 0.6 is 11.6 Å². The molecule has 0 unspecified atom stereocenters. The van der Waals surface area contributed by atoms with Crippen LogP contribution in [0.4, 0.5) is 0 Å². The fraction of sp³-hybridized carbons (Fsp3) is 0.167. The van der Waals surface area contributed by atoms with Gasteiger partial charge in [-0.25, -0.2) is 0 Å². The molecule has 0 fully saturated rings. The first-order valence-electron chi connectivity index (χ1n) is 7.29. The van der Waals surface area contributed by atoms with E-state index in [1.807, 2.05) is 25.1 Å². The van der Waals surface area contributed by atoms with Crippen LogP contribution in [0.2, 0.25) is 5.02 Å². The highest BCUT2D eigenvalue weighted by molar-refractivity contribution is 6.30. The molecule has 0 spiro atoms. The van der Waals surface area contributed by atoms with Gasteiger partial charge in [0.1, 0.15) is 6.04 Å². The molecule has 5 nitrogen and oxygen atoms in total. The van der Waals surface area contributed by atoms with E-state index in [4.69, 9.17) is 11.6 Å². The molecular weight excluding hydrogens is 326 g/mol. The Kier molecular flexibility index (Phi) is 5.94. The normalized spacial score (nSPS) is 11.2. The van der Waals surface area contributed by atoms with Crippen LogP contribution in [-0.4, -0.2) is 18.4 Å². The molecule has 0 bridgehead atoms. The van der Waals surface area contributed by atoms with Crippen LogP contribution in [0.25, 0.3) is 0 Å². The van der Waals surface area contributed by atoms with Gasteiger partial charge < -0.3 is 10.6 Å². The second kappa shape index (κ2) is 8.14. The Balaban J connectivity index is 1.94. The van der Waals surface area contributed by atoms with Crippen molar-refractivity contribution in [3.8, 4) is 6.07 Å². The quantitative estimate of drug-likeness (QED) is 0.877. The summed E-state index contributed by atoms with van der Waals surface area (Å²) >= 11 is 5.89. The van der Waals surface area contributed by atoms with Gasteiger partial charge in [-0.3, -0.25) is 9.59 Å². The van der Waals surface area contributed by atoms with Crippen molar-refractivity contribution in [2.75, 3.05) is 6.54 Å². The number of nitrogens with zero attached hydrogens (tertiary/aromatic N) is 1. The number of benzene rings is 2. The van der Waals surface area contributed by atoms with E-state index in [9.17, 15) is 14.9 Å². The number of aryl methyl sites for hydroxylation is 1. The largest absolute Gasteiger partial charge is 0.343 e. The average Bonchev–Trinajstić information content (AvgIpc) is 2.58. The molecule has 0 heterocycles. The van der Waals surface area contributed by atoms with Crippen LogP contribution in [-0.2, 0) is 4.79 Å². The molecule has 0 aliphatic rings. The molecule has 6 heteroatoms. The third-order valence-electron chi connectivity index (χ3n) is 3.42. The summed E-state index contributed by atoms with van der Waals surface area (Å²) in [5.41, 5.74) is 1.92. The van der Waals surface area contributed by atoms with Crippen LogP contribution in [0.1, 0.15) is 27.5 Å². The predicted octanol–water partition coefficient (Wildman–Crippen LogP) is 2.76. The lowest BCUT2D eigenvalue weighted by molar-refractivity contribution is -0.120. The molecule has 2 aromatic carbocycles. The van der Waals surface area contributed by atoms with Gasteiger partial charge in [-0.1, -0.05) is 41.9 Å². The zero-order valence-electron chi connectivity index (χ0n) is 13.0. The maximum absolute atomic E-state index is 12.1. The van der Waals surface area contributed by atoms with Crippen molar-refractivity contribution < 1.29 is 9.59 Å². The predicted molar refractivity (Wildman–Crippen MR) is 91.5 cm³/mol. The van der Waals surface area contributed by atoms with Gasteiger partial charge in [-0.2, -0.15) is 5.26 Å². The third-order valence-corrected chi connectivity index (χ3v) is 3.65. The Bertz CT molecular complexity index is 799. The average molecular weight is 342 g/mol. The van der Waals surface area contributed by atoms with Gasteiger partial charge in [0.05, 0.1) is 12.6 Å². The summed E-state index contributed by atoms with van der Waals surface area (Å²) in [6.45, 7) is 1.60. The van der Waals surface area contributed by atoms with E-state index in [1.165, 1.54) is 0 Å². The molecule has 0 aromatic heterocycles. The molecule has 122 valence electrons. The van der Waals surface area contributed by atoms with E-state index >= 15 is 0 Å². The summed E-state index contributed by atoms with van der Waals surface area (Å²) in [5.74, 6) is -0.789. The zero-order valence-corrected chi connectivity index (χ0v) is 13.8. The number of nitrogens with one attached hydrogen (secondary N) is 2. The molecule has 2 rings (SSSR count). The first kappa shape index (κ1) is 17.5. The Labute approximate surface area is 145 Å². The van der Waals surface area contributed by atoms with Crippen molar-refractivity contribution in [3.63, 3.8) is 0 Å². The molecule has 2 amide bonds. The highest BCUT2D eigenvalue weighted by Crippen LogP contribution is 2.17. The minimum Gasteiger partial charge on any atom is -0.343 e.